The molecule has 0 aromatic heterocycles. The van der Waals surface area contributed by atoms with Crippen LogP contribution in [0, 0.1) is 5.82 Å². The molecule has 0 spiro atoms. The van der Waals surface area contributed by atoms with Gasteiger partial charge in [-0.25, -0.2) is 9.18 Å². The average Bonchev–Trinajstić information content (AvgIpc) is 2.17. The maximum absolute atomic E-state index is 13.8. The van der Waals surface area contributed by atoms with Crippen molar-refractivity contribution in [2.75, 3.05) is 5.73 Å². The molecule has 0 aliphatic heterocycles. The molecule has 0 saturated carbocycles. The Hall–Kier alpha value is -1.78. The number of nitrogens with two attached hydrogens (primary N) is 1. The summed E-state index contributed by atoms with van der Waals surface area (Å²) in [6.07, 6.45) is 0. The molecule has 0 atom stereocenters. The van der Waals surface area contributed by atoms with E-state index in [1.807, 2.05) is 0 Å². The highest BCUT2D eigenvalue weighted by molar-refractivity contribution is 5.95. The van der Waals surface area contributed by atoms with E-state index in [0.29, 0.717) is 0 Å². The molecule has 0 heterocycles. The summed E-state index contributed by atoms with van der Waals surface area (Å²) in [5.74, 6) is -1.23. The van der Waals surface area contributed by atoms with E-state index in [4.69, 9.17) is 15.2 Å². The fraction of sp³-hybridized carbons (Fsp3) is 0.533. The third-order valence-electron chi connectivity index (χ3n) is 2.14. The SMILES string of the molecule is CC(C)(C)OC(=O)c1cc(OC(C)(C)C)c(F)cc1N. The summed E-state index contributed by atoms with van der Waals surface area (Å²) in [7, 11) is 0. The first-order valence-electron chi connectivity index (χ1n) is 6.40. The summed E-state index contributed by atoms with van der Waals surface area (Å²) in [6, 6.07) is 2.35. The Balaban J connectivity index is 3.15. The highest BCUT2D eigenvalue weighted by atomic mass is 19.1. The Labute approximate surface area is 119 Å². The third kappa shape index (κ3) is 4.72. The monoisotopic (exact) mass is 283 g/mol. The van der Waals surface area contributed by atoms with Crippen LogP contribution >= 0.6 is 0 Å². The molecule has 0 unspecified atom stereocenters. The lowest BCUT2D eigenvalue weighted by Gasteiger charge is -2.23. The Morgan fingerprint density at radius 1 is 1.10 bits per heavy atom. The van der Waals surface area contributed by atoms with Crippen LogP contribution in [0.3, 0.4) is 0 Å². The number of benzene rings is 1. The normalized spacial score (nSPS) is 12.2. The molecule has 0 bridgehead atoms. The highest BCUT2D eigenvalue weighted by Gasteiger charge is 2.23. The summed E-state index contributed by atoms with van der Waals surface area (Å²) >= 11 is 0. The standard InChI is InChI=1S/C15H22FNO3/c1-14(2,3)19-12-7-9(11(17)8-10(12)16)13(18)20-15(4,5)6/h7-8H,17H2,1-6H3. The Bertz CT molecular complexity index is 513. The number of ether oxygens (including phenoxy) is 2. The molecule has 0 aliphatic carbocycles. The second-order valence-electron chi connectivity index (χ2n) is 6.59. The first-order chi connectivity index (χ1) is 8.89. The van der Waals surface area contributed by atoms with Crippen LogP contribution in [0.4, 0.5) is 10.1 Å². The van der Waals surface area contributed by atoms with Gasteiger partial charge in [0, 0.05) is 11.8 Å². The minimum Gasteiger partial charge on any atom is -0.485 e. The minimum absolute atomic E-state index is 0.0208. The van der Waals surface area contributed by atoms with Gasteiger partial charge in [0.25, 0.3) is 0 Å². The zero-order valence-corrected chi connectivity index (χ0v) is 12.8. The van der Waals surface area contributed by atoms with Crippen molar-refractivity contribution in [1.29, 1.82) is 0 Å². The largest absolute Gasteiger partial charge is 0.485 e. The Morgan fingerprint density at radius 3 is 2.10 bits per heavy atom. The molecule has 0 radical (unpaired) electrons. The predicted octanol–water partition coefficient (Wildman–Crippen LogP) is 3.54. The van der Waals surface area contributed by atoms with Crippen LogP contribution in [0.1, 0.15) is 51.9 Å². The molecule has 5 heteroatoms. The second kappa shape index (κ2) is 5.31. The molecule has 1 aromatic rings. The summed E-state index contributed by atoms with van der Waals surface area (Å²) < 4.78 is 24.5. The topological polar surface area (TPSA) is 61.5 Å². The van der Waals surface area contributed by atoms with Crippen molar-refractivity contribution in [2.45, 2.75) is 52.7 Å². The zero-order valence-electron chi connectivity index (χ0n) is 12.8. The number of hydrogen-bond donors (Lipinski definition) is 1. The van der Waals surface area contributed by atoms with Crippen LogP contribution < -0.4 is 10.5 Å². The molecule has 1 rings (SSSR count). The number of rotatable bonds is 2. The molecule has 20 heavy (non-hydrogen) atoms. The van der Waals surface area contributed by atoms with Gasteiger partial charge >= 0.3 is 5.97 Å². The van der Waals surface area contributed by atoms with Crippen molar-refractivity contribution in [3.8, 4) is 5.75 Å². The molecule has 0 fully saturated rings. The van der Waals surface area contributed by atoms with Gasteiger partial charge in [0.2, 0.25) is 0 Å². The maximum Gasteiger partial charge on any atom is 0.340 e. The fourth-order valence-corrected chi connectivity index (χ4v) is 1.49. The maximum atomic E-state index is 13.8. The van der Waals surface area contributed by atoms with E-state index in [2.05, 4.69) is 0 Å². The van der Waals surface area contributed by atoms with Gasteiger partial charge in [-0.2, -0.15) is 0 Å². The van der Waals surface area contributed by atoms with Gasteiger partial charge < -0.3 is 15.2 Å². The van der Waals surface area contributed by atoms with Crippen molar-refractivity contribution in [3.63, 3.8) is 0 Å². The Kier molecular flexibility index (Phi) is 4.32. The predicted molar refractivity (Wildman–Crippen MR) is 76.4 cm³/mol. The number of hydrogen-bond acceptors (Lipinski definition) is 4. The van der Waals surface area contributed by atoms with E-state index in [0.717, 1.165) is 6.07 Å². The van der Waals surface area contributed by atoms with Gasteiger partial charge in [0.05, 0.1) is 5.56 Å². The molecule has 1 aromatic carbocycles. The van der Waals surface area contributed by atoms with E-state index < -0.39 is 23.0 Å². The van der Waals surface area contributed by atoms with Crippen LogP contribution in [0.15, 0.2) is 12.1 Å². The lowest BCUT2D eigenvalue weighted by molar-refractivity contribution is 0.00695. The molecule has 2 N–H and O–H groups in total. The van der Waals surface area contributed by atoms with Gasteiger partial charge in [0.15, 0.2) is 11.6 Å². The van der Waals surface area contributed by atoms with Crippen LogP contribution in [0.2, 0.25) is 0 Å². The summed E-state index contributed by atoms with van der Waals surface area (Å²) in [6.45, 7) is 10.6. The van der Waals surface area contributed by atoms with Crippen LogP contribution in [-0.4, -0.2) is 17.2 Å². The molecule has 0 aliphatic rings. The lowest BCUT2D eigenvalue weighted by atomic mass is 10.1. The summed E-state index contributed by atoms with van der Waals surface area (Å²) in [4.78, 5) is 12.0. The van der Waals surface area contributed by atoms with Crippen LogP contribution in [0.25, 0.3) is 0 Å². The first kappa shape index (κ1) is 16.3. The number of carbonyl (C=O) groups is 1. The quantitative estimate of drug-likeness (QED) is 0.666. The number of esters is 1. The fourth-order valence-electron chi connectivity index (χ4n) is 1.49. The number of nitrogen functional groups attached to an aromatic ring is 1. The van der Waals surface area contributed by atoms with Crippen molar-refractivity contribution in [1.82, 2.24) is 0 Å². The molecule has 0 amide bonds. The highest BCUT2D eigenvalue weighted by Crippen LogP contribution is 2.28. The minimum atomic E-state index is -0.650. The third-order valence-corrected chi connectivity index (χ3v) is 2.14. The van der Waals surface area contributed by atoms with E-state index >= 15 is 0 Å². The molecule has 4 nitrogen and oxygen atoms in total. The van der Waals surface area contributed by atoms with Crippen molar-refractivity contribution >= 4 is 11.7 Å². The summed E-state index contributed by atoms with van der Waals surface area (Å²) in [5, 5.41) is 0. The number of carbonyl (C=O) groups excluding carboxylic acids is 1. The van der Waals surface area contributed by atoms with E-state index in [9.17, 15) is 9.18 Å². The summed E-state index contributed by atoms with van der Waals surface area (Å²) in [5.41, 5.74) is 4.57. The van der Waals surface area contributed by atoms with Crippen molar-refractivity contribution in [2.24, 2.45) is 0 Å². The van der Waals surface area contributed by atoms with E-state index in [-0.39, 0.29) is 17.0 Å². The lowest BCUT2D eigenvalue weighted by Crippen LogP contribution is -2.26. The van der Waals surface area contributed by atoms with Gasteiger partial charge in [-0.05, 0) is 47.6 Å². The van der Waals surface area contributed by atoms with Gasteiger partial charge in [0.1, 0.15) is 11.2 Å². The van der Waals surface area contributed by atoms with Crippen molar-refractivity contribution < 1.29 is 18.7 Å². The smallest absolute Gasteiger partial charge is 0.340 e. The second-order valence-corrected chi connectivity index (χ2v) is 6.59. The molecular weight excluding hydrogens is 261 g/mol. The van der Waals surface area contributed by atoms with Gasteiger partial charge in [-0.15, -0.1) is 0 Å². The number of anilines is 1. The molecule has 112 valence electrons. The van der Waals surface area contributed by atoms with Crippen molar-refractivity contribution in [3.05, 3.63) is 23.5 Å². The van der Waals surface area contributed by atoms with Crippen LogP contribution in [0.5, 0.6) is 5.75 Å². The zero-order chi connectivity index (χ0) is 15.7. The van der Waals surface area contributed by atoms with E-state index in [1.165, 1.54) is 6.07 Å². The molecular formula is C15H22FNO3. The first-order valence-corrected chi connectivity index (χ1v) is 6.40. The van der Waals surface area contributed by atoms with Gasteiger partial charge in [-0.1, -0.05) is 0 Å². The number of halogens is 1. The van der Waals surface area contributed by atoms with Gasteiger partial charge in [-0.3, -0.25) is 0 Å². The molecule has 0 saturated heterocycles. The van der Waals surface area contributed by atoms with Crippen LogP contribution in [-0.2, 0) is 4.74 Å². The van der Waals surface area contributed by atoms with E-state index in [1.54, 1.807) is 41.5 Å². The average molecular weight is 283 g/mol. The Morgan fingerprint density at radius 2 is 1.65 bits per heavy atom.